The molecule has 21 heavy (non-hydrogen) atoms. The van der Waals surface area contributed by atoms with E-state index >= 15 is 0 Å². The zero-order chi connectivity index (χ0) is 15.6. The van der Waals surface area contributed by atoms with E-state index in [1.54, 1.807) is 0 Å². The van der Waals surface area contributed by atoms with E-state index in [9.17, 15) is 13.2 Å². The van der Waals surface area contributed by atoms with Gasteiger partial charge in [0.15, 0.2) is 11.9 Å². The lowest BCUT2D eigenvalue weighted by Crippen LogP contribution is -2.27. The normalized spacial score (nSPS) is 18.7. The van der Waals surface area contributed by atoms with E-state index in [-0.39, 0.29) is 12.5 Å². The second-order valence-electron chi connectivity index (χ2n) is 5.82. The van der Waals surface area contributed by atoms with Crippen molar-refractivity contribution in [2.45, 2.75) is 89.8 Å². The number of hydrogen-bond donors (Lipinski definition) is 0. The predicted octanol–water partition coefficient (Wildman–Crippen LogP) is 5.66. The van der Waals surface area contributed by atoms with Crippen molar-refractivity contribution in [1.29, 1.82) is 0 Å². The fourth-order valence-corrected chi connectivity index (χ4v) is 2.49. The number of hydrogen-bond acceptors (Lipinski definition) is 2. The molecule has 0 radical (unpaired) electrons. The van der Waals surface area contributed by atoms with Gasteiger partial charge >= 0.3 is 6.18 Å². The Morgan fingerprint density at radius 3 is 1.95 bits per heavy atom. The molecule has 1 unspecified atom stereocenters. The minimum Gasteiger partial charge on any atom is -0.478 e. The summed E-state index contributed by atoms with van der Waals surface area (Å²) in [6.45, 7) is 1.88. The molecular weight excluding hydrogens is 279 g/mol. The summed E-state index contributed by atoms with van der Waals surface area (Å²) >= 11 is 0. The number of aliphatic imine (C=N–C) groups is 1. The summed E-state index contributed by atoms with van der Waals surface area (Å²) in [5.41, 5.74) is 0. The number of rotatable bonds is 11. The highest BCUT2D eigenvalue weighted by Gasteiger charge is 2.43. The maximum atomic E-state index is 12.4. The molecule has 1 heterocycles. The van der Waals surface area contributed by atoms with Crippen molar-refractivity contribution in [3.8, 4) is 0 Å². The Kier molecular flexibility index (Phi) is 8.77. The van der Waals surface area contributed by atoms with Gasteiger partial charge in [0.1, 0.15) is 6.61 Å². The van der Waals surface area contributed by atoms with Gasteiger partial charge in [-0.2, -0.15) is 13.2 Å². The number of unbranched alkanes of at least 4 members (excludes halogenated alkanes) is 9. The van der Waals surface area contributed by atoms with Gasteiger partial charge in [0.05, 0.1) is 0 Å². The molecule has 1 aliphatic rings. The maximum absolute atomic E-state index is 12.4. The van der Waals surface area contributed by atoms with Gasteiger partial charge in [-0.3, -0.25) is 0 Å². The summed E-state index contributed by atoms with van der Waals surface area (Å²) in [5.74, 6) is 0.289. The largest absolute Gasteiger partial charge is 0.478 e. The molecule has 0 amide bonds. The molecule has 0 N–H and O–H groups in total. The zero-order valence-electron chi connectivity index (χ0n) is 13.1. The van der Waals surface area contributed by atoms with Gasteiger partial charge in [-0.15, -0.1) is 0 Å². The molecule has 2 nitrogen and oxygen atoms in total. The van der Waals surface area contributed by atoms with Crippen LogP contribution in [-0.2, 0) is 4.74 Å². The smallest absolute Gasteiger partial charge is 0.414 e. The third-order valence-electron chi connectivity index (χ3n) is 3.83. The van der Waals surface area contributed by atoms with Crippen molar-refractivity contribution < 1.29 is 17.9 Å². The van der Waals surface area contributed by atoms with Crippen LogP contribution >= 0.6 is 0 Å². The quantitative estimate of drug-likeness (QED) is 0.451. The first-order valence-corrected chi connectivity index (χ1v) is 8.30. The Morgan fingerprint density at radius 1 is 0.952 bits per heavy atom. The minimum absolute atomic E-state index is 0.289. The summed E-state index contributed by atoms with van der Waals surface area (Å²) in [6.07, 6.45) is 8.46. The van der Waals surface area contributed by atoms with Gasteiger partial charge in [0.25, 0.3) is 0 Å². The molecule has 0 aromatic heterocycles. The second-order valence-corrected chi connectivity index (χ2v) is 5.82. The van der Waals surface area contributed by atoms with E-state index in [1.165, 1.54) is 44.9 Å². The number of alkyl halides is 3. The van der Waals surface area contributed by atoms with Crippen LogP contribution in [-0.4, -0.2) is 24.7 Å². The van der Waals surface area contributed by atoms with Crippen LogP contribution in [0.1, 0.15) is 77.6 Å². The molecular formula is C16H28F3NO. The second kappa shape index (κ2) is 10.1. The molecule has 0 saturated heterocycles. The van der Waals surface area contributed by atoms with Crippen molar-refractivity contribution in [3.05, 3.63) is 0 Å². The number of nitrogens with zero attached hydrogens (tertiary/aromatic N) is 1. The molecule has 0 saturated carbocycles. The van der Waals surface area contributed by atoms with Crippen LogP contribution in [0.25, 0.3) is 0 Å². The summed E-state index contributed by atoms with van der Waals surface area (Å²) in [4.78, 5) is 3.60. The maximum Gasteiger partial charge on any atom is 0.414 e. The van der Waals surface area contributed by atoms with Crippen molar-refractivity contribution in [1.82, 2.24) is 0 Å². The van der Waals surface area contributed by atoms with E-state index in [1.807, 2.05) is 0 Å². The average molecular weight is 307 g/mol. The lowest BCUT2D eigenvalue weighted by atomic mass is 10.1. The third-order valence-corrected chi connectivity index (χ3v) is 3.83. The van der Waals surface area contributed by atoms with E-state index in [2.05, 4.69) is 11.9 Å². The minimum atomic E-state index is -4.26. The fourth-order valence-electron chi connectivity index (χ4n) is 2.49. The lowest BCUT2D eigenvalue weighted by molar-refractivity contribution is -0.149. The highest BCUT2D eigenvalue weighted by molar-refractivity contribution is 5.77. The molecule has 0 fully saturated rings. The molecule has 0 aromatic carbocycles. The van der Waals surface area contributed by atoms with Crippen LogP contribution in [0.15, 0.2) is 4.99 Å². The number of ether oxygens (including phenoxy) is 1. The van der Waals surface area contributed by atoms with Crippen molar-refractivity contribution >= 4 is 5.90 Å². The van der Waals surface area contributed by atoms with Gasteiger partial charge in [-0.05, 0) is 6.42 Å². The molecule has 124 valence electrons. The molecule has 1 aliphatic heterocycles. The summed E-state index contributed by atoms with van der Waals surface area (Å²) in [6, 6.07) is -1.64. The van der Waals surface area contributed by atoms with Crippen LogP contribution in [0.2, 0.25) is 0 Å². The van der Waals surface area contributed by atoms with Crippen molar-refractivity contribution in [2.75, 3.05) is 6.61 Å². The summed E-state index contributed by atoms with van der Waals surface area (Å²) in [5, 5.41) is 0. The zero-order valence-corrected chi connectivity index (χ0v) is 13.1. The first-order valence-electron chi connectivity index (χ1n) is 8.30. The average Bonchev–Trinajstić information content (AvgIpc) is 2.90. The van der Waals surface area contributed by atoms with Crippen molar-refractivity contribution in [2.24, 2.45) is 4.99 Å². The first-order chi connectivity index (χ1) is 10.0. The molecule has 1 rings (SSSR count). The van der Waals surface area contributed by atoms with Crippen LogP contribution in [0.4, 0.5) is 13.2 Å². The van der Waals surface area contributed by atoms with Crippen LogP contribution in [0.3, 0.4) is 0 Å². The highest BCUT2D eigenvalue weighted by atomic mass is 19.4. The summed E-state index contributed by atoms with van der Waals surface area (Å²) < 4.78 is 42.2. The van der Waals surface area contributed by atoms with E-state index in [0.717, 1.165) is 19.3 Å². The fraction of sp³-hybridized carbons (Fsp3) is 0.938. The SMILES string of the molecule is CCCCCCCCCCCCC1=NC(C(F)(F)F)CO1. The van der Waals surface area contributed by atoms with Crippen LogP contribution in [0, 0.1) is 0 Å². The molecule has 5 heteroatoms. The van der Waals surface area contributed by atoms with Gasteiger partial charge in [0, 0.05) is 6.42 Å². The molecule has 0 spiro atoms. The van der Waals surface area contributed by atoms with E-state index in [4.69, 9.17) is 4.74 Å². The highest BCUT2D eigenvalue weighted by Crippen LogP contribution is 2.27. The van der Waals surface area contributed by atoms with Gasteiger partial charge in [0.2, 0.25) is 0 Å². The predicted molar refractivity (Wildman–Crippen MR) is 79.7 cm³/mol. The Balaban J connectivity index is 1.93. The Labute approximate surface area is 126 Å². The van der Waals surface area contributed by atoms with Crippen molar-refractivity contribution in [3.63, 3.8) is 0 Å². The Hall–Kier alpha value is -0.740. The standard InChI is InChI=1S/C16H28F3NO/c1-2-3-4-5-6-7-8-9-10-11-12-15-20-14(13-21-15)16(17,18)19/h14H,2-13H2,1H3. The van der Waals surface area contributed by atoms with E-state index < -0.39 is 12.2 Å². The Bertz CT molecular complexity index is 302. The first kappa shape index (κ1) is 18.3. The van der Waals surface area contributed by atoms with Crippen LogP contribution < -0.4 is 0 Å². The monoisotopic (exact) mass is 307 g/mol. The topological polar surface area (TPSA) is 21.6 Å². The van der Waals surface area contributed by atoms with Gasteiger partial charge in [-0.1, -0.05) is 64.7 Å². The van der Waals surface area contributed by atoms with E-state index in [0.29, 0.717) is 6.42 Å². The molecule has 1 atom stereocenters. The Morgan fingerprint density at radius 2 is 1.48 bits per heavy atom. The molecule has 0 bridgehead atoms. The number of halogens is 3. The van der Waals surface area contributed by atoms with Crippen LogP contribution in [0.5, 0.6) is 0 Å². The van der Waals surface area contributed by atoms with Gasteiger partial charge < -0.3 is 4.74 Å². The summed E-state index contributed by atoms with van der Waals surface area (Å²) in [7, 11) is 0. The third kappa shape index (κ3) is 8.32. The van der Waals surface area contributed by atoms with Gasteiger partial charge in [-0.25, -0.2) is 4.99 Å². The molecule has 0 aliphatic carbocycles. The molecule has 0 aromatic rings. The lowest BCUT2D eigenvalue weighted by Gasteiger charge is -2.08.